The van der Waals surface area contributed by atoms with Crippen LogP contribution in [0.5, 0.6) is 0 Å². The van der Waals surface area contributed by atoms with Gasteiger partial charge in [0.2, 0.25) is 0 Å². The molecule has 1 amide bonds. The average Bonchev–Trinajstić information content (AvgIpc) is 3.03. The number of nitrogens with one attached hydrogen (secondary N) is 1. The minimum absolute atomic E-state index is 0.000109. The molecule has 3 aliphatic carbocycles. The normalized spacial score (nSPS) is 43.4. The Bertz CT molecular complexity index is 631. The molecule has 3 N–H and O–H groups in total. The number of aliphatic hydroxyl groups is 2. The monoisotopic (exact) mass is 437 g/mol. The van der Waals surface area contributed by atoms with Gasteiger partial charge in [-0.2, -0.15) is 0 Å². The fourth-order valence-electron chi connectivity index (χ4n) is 7.85. The summed E-state index contributed by atoms with van der Waals surface area (Å²) in [6.45, 7) is 13.6. The summed E-state index contributed by atoms with van der Waals surface area (Å²) < 4.78 is 5.55. The van der Waals surface area contributed by atoms with Crippen LogP contribution in [-0.4, -0.2) is 41.2 Å². The lowest BCUT2D eigenvalue weighted by molar-refractivity contribution is -0.103. The number of rotatable bonds is 5. The van der Waals surface area contributed by atoms with Gasteiger partial charge in [0.15, 0.2) is 0 Å². The third-order valence-electron chi connectivity index (χ3n) is 9.58. The van der Waals surface area contributed by atoms with Gasteiger partial charge < -0.3 is 20.3 Å². The van der Waals surface area contributed by atoms with E-state index in [4.69, 9.17) is 4.74 Å². The van der Waals surface area contributed by atoms with Crippen molar-refractivity contribution in [3.63, 3.8) is 0 Å². The first-order chi connectivity index (χ1) is 14.4. The summed E-state index contributed by atoms with van der Waals surface area (Å²) in [6.07, 6.45) is 7.96. The van der Waals surface area contributed by atoms with Crippen LogP contribution >= 0.6 is 0 Å². The number of aliphatic hydroxyl groups excluding tert-OH is 2. The smallest absolute Gasteiger partial charge is 0.407 e. The van der Waals surface area contributed by atoms with E-state index in [-0.39, 0.29) is 30.1 Å². The average molecular weight is 438 g/mol. The van der Waals surface area contributed by atoms with E-state index in [0.717, 1.165) is 25.2 Å². The Kier molecular flexibility index (Phi) is 7.37. The van der Waals surface area contributed by atoms with Crippen LogP contribution in [0.25, 0.3) is 0 Å². The van der Waals surface area contributed by atoms with Crippen LogP contribution in [0.3, 0.4) is 0 Å². The second-order valence-corrected chi connectivity index (χ2v) is 12.3. The molecule has 3 aliphatic rings. The van der Waals surface area contributed by atoms with Gasteiger partial charge in [-0.15, -0.1) is 0 Å². The maximum absolute atomic E-state index is 12.5. The number of amides is 1. The summed E-state index contributed by atoms with van der Waals surface area (Å²) in [7, 11) is 0. The van der Waals surface area contributed by atoms with Crippen molar-refractivity contribution < 1.29 is 19.7 Å². The van der Waals surface area contributed by atoms with Gasteiger partial charge in [0.25, 0.3) is 0 Å². The fraction of sp³-hybridized carbons (Fsp3) is 0.962. The molecule has 5 nitrogen and oxygen atoms in total. The highest BCUT2D eigenvalue weighted by molar-refractivity contribution is 5.67. The molecule has 3 rings (SSSR count). The lowest BCUT2D eigenvalue weighted by Gasteiger charge is -2.57. The molecule has 0 heterocycles. The molecule has 8 atom stereocenters. The van der Waals surface area contributed by atoms with Gasteiger partial charge in [0.1, 0.15) is 5.60 Å². The van der Waals surface area contributed by atoms with Crippen molar-refractivity contribution in [3.05, 3.63) is 0 Å². The molecule has 0 aliphatic heterocycles. The molecule has 0 unspecified atom stereocenters. The molecule has 0 aromatic carbocycles. The topological polar surface area (TPSA) is 78.8 Å². The van der Waals surface area contributed by atoms with E-state index in [2.05, 4.69) is 26.1 Å². The van der Waals surface area contributed by atoms with Crippen molar-refractivity contribution in [2.45, 2.75) is 105 Å². The van der Waals surface area contributed by atoms with Crippen LogP contribution < -0.4 is 5.32 Å². The number of hydrogen-bond donors (Lipinski definition) is 3. The van der Waals surface area contributed by atoms with Gasteiger partial charge in [0.05, 0.1) is 6.10 Å². The largest absolute Gasteiger partial charge is 0.444 e. The molecule has 3 fully saturated rings. The molecule has 0 spiro atoms. The first kappa shape index (κ1) is 24.8. The van der Waals surface area contributed by atoms with Gasteiger partial charge in [0, 0.05) is 13.2 Å². The molecule has 180 valence electrons. The van der Waals surface area contributed by atoms with Crippen molar-refractivity contribution in [1.82, 2.24) is 5.32 Å². The van der Waals surface area contributed by atoms with E-state index in [1.54, 1.807) is 0 Å². The molecule has 0 radical (unpaired) electrons. The van der Waals surface area contributed by atoms with Crippen molar-refractivity contribution >= 4 is 6.09 Å². The van der Waals surface area contributed by atoms with Crippen LogP contribution in [0.2, 0.25) is 0 Å². The maximum atomic E-state index is 12.5. The standard InChI is InChI=1S/C26H47NO4/c1-7-17-8-9-21-20(15-27-23(30)31-24(2,3)4)22(11-13-25(17,21)5)26(6)12-10-19(29)14-18(26)16-28/h17-22,28-29H,7-16H2,1-6H3,(H,27,30)/t17-,18+,19-,20-,21-,22-,25+,26-/m0/s1. The highest BCUT2D eigenvalue weighted by Gasteiger charge is 2.58. The minimum Gasteiger partial charge on any atom is -0.444 e. The number of ether oxygens (including phenoxy) is 1. The Morgan fingerprint density at radius 2 is 1.65 bits per heavy atom. The van der Waals surface area contributed by atoms with Crippen molar-refractivity contribution in [1.29, 1.82) is 0 Å². The Balaban J connectivity index is 1.86. The number of carbonyl (C=O) groups excluding carboxylic acids is 1. The van der Waals surface area contributed by atoms with E-state index in [0.29, 0.717) is 36.1 Å². The van der Waals surface area contributed by atoms with Gasteiger partial charge in [-0.05, 0) is 106 Å². The fourth-order valence-corrected chi connectivity index (χ4v) is 7.85. The maximum Gasteiger partial charge on any atom is 0.407 e. The van der Waals surface area contributed by atoms with Gasteiger partial charge in [-0.25, -0.2) is 4.79 Å². The molecule has 3 saturated carbocycles. The number of hydrogen-bond acceptors (Lipinski definition) is 4. The van der Waals surface area contributed by atoms with Crippen molar-refractivity contribution in [2.75, 3.05) is 13.2 Å². The summed E-state index contributed by atoms with van der Waals surface area (Å²) in [5, 5.41) is 23.6. The number of alkyl carbamates (subject to hydrolysis) is 1. The summed E-state index contributed by atoms with van der Waals surface area (Å²) in [5.41, 5.74) is -0.163. The van der Waals surface area contributed by atoms with Crippen LogP contribution in [0.4, 0.5) is 4.79 Å². The third-order valence-corrected chi connectivity index (χ3v) is 9.58. The predicted octanol–water partition coefficient (Wildman–Crippen LogP) is 5.14. The molecule has 0 aromatic heterocycles. The van der Waals surface area contributed by atoms with Crippen LogP contribution in [0, 0.1) is 40.4 Å². The quantitative estimate of drug-likeness (QED) is 0.556. The summed E-state index contributed by atoms with van der Waals surface area (Å²) >= 11 is 0. The molecule has 5 heteroatoms. The zero-order valence-electron chi connectivity index (χ0n) is 20.7. The third kappa shape index (κ3) is 4.93. The lowest BCUT2D eigenvalue weighted by atomic mass is 9.48. The SMILES string of the molecule is CC[C@H]1CC[C@H]2[C@H](CNC(=O)OC(C)(C)C)[C@@H]([C@@]3(C)CC[C@H](O)C[C@@H]3CO)CC[C@]12C. The second-order valence-electron chi connectivity index (χ2n) is 12.3. The first-order valence-corrected chi connectivity index (χ1v) is 12.7. The van der Waals surface area contributed by atoms with E-state index in [1.807, 2.05) is 20.8 Å². The Morgan fingerprint density at radius 1 is 1.03 bits per heavy atom. The highest BCUT2D eigenvalue weighted by atomic mass is 16.6. The summed E-state index contributed by atoms with van der Waals surface area (Å²) in [4.78, 5) is 12.5. The van der Waals surface area contributed by atoms with Gasteiger partial charge >= 0.3 is 6.09 Å². The molecule has 0 bridgehead atoms. The summed E-state index contributed by atoms with van der Waals surface area (Å²) in [6, 6.07) is 0. The zero-order chi connectivity index (χ0) is 23.0. The minimum atomic E-state index is -0.501. The predicted molar refractivity (Wildman–Crippen MR) is 124 cm³/mol. The zero-order valence-corrected chi connectivity index (χ0v) is 20.7. The molecular weight excluding hydrogens is 390 g/mol. The molecule has 0 saturated heterocycles. The molecule has 0 aromatic rings. The molecule has 31 heavy (non-hydrogen) atoms. The highest BCUT2D eigenvalue weighted by Crippen LogP contribution is 2.64. The number of carbonyl (C=O) groups is 1. The van der Waals surface area contributed by atoms with Crippen molar-refractivity contribution in [3.8, 4) is 0 Å². The Labute approximate surface area is 189 Å². The first-order valence-electron chi connectivity index (χ1n) is 12.7. The number of fused-ring (bicyclic) bond motifs is 1. The summed E-state index contributed by atoms with van der Waals surface area (Å²) in [5.74, 6) is 2.31. The van der Waals surface area contributed by atoms with E-state index >= 15 is 0 Å². The van der Waals surface area contributed by atoms with E-state index in [1.165, 1.54) is 25.7 Å². The lowest BCUT2D eigenvalue weighted by Crippen LogP contribution is -2.54. The van der Waals surface area contributed by atoms with Crippen LogP contribution in [-0.2, 0) is 4.74 Å². The van der Waals surface area contributed by atoms with E-state index < -0.39 is 5.60 Å². The van der Waals surface area contributed by atoms with E-state index in [9.17, 15) is 15.0 Å². The van der Waals surface area contributed by atoms with Gasteiger partial charge in [-0.3, -0.25) is 0 Å². The van der Waals surface area contributed by atoms with Crippen LogP contribution in [0.15, 0.2) is 0 Å². The molecular formula is C26H47NO4. The Morgan fingerprint density at radius 3 is 2.26 bits per heavy atom. The van der Waals surface area contributed by atoms with Crippen molar-refractivity contribution in [2.24, 2.45) is 40.4 Å². The second kappa shape index (κ2) is 9.21. The van der Waals surface area contributed by atoms with Gasteiger partial charge in [-0.1, -0.05) is 27.2 Å². The Hall–Kier alpha value is -0.810. The van der Waals surface area contributed by atoms with Crippen LogP contribution in [0.1, 0.15) is 92.9 Å².